The number of nitrogens with one attached hydrogen (secondary N) is 1. The third kappa shape index (κ3) is 3.65. The minimum atomic E-state index is -0.249. The summed E-state index contributed by atoms with van der Waals surface area (Å²) in [6.07, 6.45) is 8.50. The number of rotatable bonds is 5. The Morgan fingerprint density at radius 1 is 1.14 bits per heavy atom. The molecule has 1 aliphatic rings. The number of nitrogens with zero attached hydrogens (tertiary/aromatic N) is 3. The van der Waals surface area contributed by atoms with E-state index >= 15 is 0 Å². The lowest BCUT2D eigenvalue weighted by molar-refractivity contribution is -0.116. The van der Waals surface area contributed by atoms with Crippen LogP contribution >= 0.6 is 0 Å². The van der Waals surface area contributed by atoms with Gasteiger partial charge >= 0.3 is 0 Å². The molecule has 0 radical (unpaired) electrons. The summed E-state index contributed by atoms with van der Waals surface area (Å²) in [5.41, 5.74) is 3.17. The quantitative estimate of drug-likeness (QED) is 0.691. The van der Waals surface area contributed by atoms with E-state index in [0.29, 0.717) is 17.8 Å². The van der Waals surface area contributed by atoms with Crippen LogP contribution in [0.5, 0.6) is 5.75 Å². The zero-order valence-corrected chi connectivity index (χ0v) is 16.0. The molecule has 0 aliphatic heterocycles. The molecule has 0 unspecified atom stereocenters. The van der Waals surface area contributed by atoms with Gasteiger partial charge in [-0.2, -0.15) is 5.10 Å². The Morgan fingerprint density at radius 3 is 2.71 bits per heavy atom. The van der Waals surface area contributed by atoms with Crippen molar-refractivity contribution in [1.82, 2.24) is 14.2 Å². The van der Waals surface area contributed by atoms with Crippen molar-refractivity contribution in [1.29, 1.82) is 0 Å². The monoisotopic (exact) mass is 380 g/mol. The molecule has 4 rings (SSSR count). The predicted molar refractivity (Wildman–Crippen MR) is 107 cm³/mol. The van der Waals surface area contributed by atoms with Gasteiger partial charge in [-0.15, -0.1) is 0 Å². The highest BCUT2D eigenvalue weighted by molar-refractivity contribution is 5.90. The first-order chi connectivity index (χ1) is 13.7. The Hall–Kier alpha value is -3.09. The first-order valence-electron chi connectivity index (χ1n) is 9.78. The number of carbonyl (C=O) groups excluding carboxylic acids is 1. The molecule has 2 heterocycles. The van der Waals surface area contributed by atoms with Crippen LogP contribution in [0.3, 0.4) is 0 Å². The van der Waals surface area contributed by atoms with Crippen molar-refractivity contribution in [3.05, 3.63) is 58.3 Å². The van der Waals surface area contributed by atoms with Crippen LogP contribution in [0.25, 0.3) is 5.52 Å². The lowest BCUT2D eigenvalue weighted by atomic mass is 10.1. The lowest BCUT2D eigenvalue weighted by Crippen LogP contribution is -2.28. The molecular formula is C21H24N4O3. The first-order valence-corrected chi connectivity index (χ1v) is 9.78. The highest BCUT2D eigenvalue weighted by Crippen LogP contribution is 2.22. The summed E-state index contributed by atoms with van der Waals surface area (Å²) in [5.74, 6) is 0.504. The number of anilines is 1. The number of hydrogen-bond acceptors (Lipinski definition) is 4. The van der Waals surface area contributed by atoms with Gasteiger partial charge in [-0.1, -0.05) is 6.42 Å². The van der Waals surface area contributed by atoms with E-state index in [4.69, 9.17) is 4.74 Å². The van der Waals surface area contributed by atoms with Gasteiger partial charge in [-0.05, 0) is 56.9 Å². The van der Waals surface area contributed by atoms with Gasteiger partial charge in [0.25, 0.3) is 5.56 Å². The van der Waals surface area contributed by atoms with E-state index in [1.165, 1.54) is 4.57 Å². The van der Waals surface area contributed by atoms with E-state index in [1.807, 2.05) is 6.92 Å². The summed E-state index contributed by atoms with van der Waals surface area (Å²) in [5, 5.41) is 7.40. The third-order valence-electron chi connectivity index (χ3n) is 5.05. The van der Waals surface area contributed by atoms with Crippen molar-refractivity contribution >= 4 is 17.1 Å². The molecular weight excluding hydrogens is 356 g/mol. The van der Waals surface area contributed by atoms with Crippen molar-refractivity contribution < 1.29 is 9.53 Å². The molecule has 1 amide bonds. The minimum absolute atomic E-state index is 0.0392. The van der Waals surface area contributed by atoms with E-state index in [2.05, 4.69) is 10.4 Å². The molecule has 2 aromatic heterocycles. The number of aryl methyl sites for hydroxylation is 2. The van der Waals surface area contributed by atoms with Crippen LogP contribution in [0.2, 0.25) is 0 Å². The molecule has 28 heavy (non-hydrogen) atoms. The maximum Gasteiger partial charge on any atom is 0.277 e. The number of ether oxygens (including phenoxy) is 1. The largest absolute Gasteiger partial charge is 0.494 e. The van der Waals surface area contributed by atoms with Crippen molar-refractivity contribution in [2.75, 3.05) is 11.9 Å². The predicted octanol–water partition coefficient (Wildman–Crippen LogP) is 2.80. The summed E-state index contributed by atoms with van der Waals surface area (Å²) >= 11 is 0. The summed E-state index contributed by atoms with van der Waals surface area (Å²) in [6, 6.07) is 7.18. The molecule has 1 aliphatic carbocycles. The zero-order valence-electron chi connectivity index (χ0n) is 16.0. The highest BCUT2D eigenvalue weighted by atomic mass is 16.5. The van der Waals surface area contributed by atoms with E-state index in [-0.39, 0.29) is 18.0 Å². The number of aromatic nitrogens is 3. The van der Waals surface area contributed by atoms with Gasteiger partial charge in [0.2, 0.25) is 5.91 Å². The summed E-state index contributed by atoms with van der Waals surface area (Å²) in [4.78, 5) is 25.4. The highest BCUT2D eigenvalue weighted by Gasteiger charge is 2.19. The summed E-state index contributed by atoms with van der Waals surface area (Å²) in [6.45, 7) is 2.47. The fourth-order valence-corrected chi connectivity index (χ4v) is 3.71. The fourth-order valence-electron chi connectivity index (χ4n) is 3.71. The molecule has 0 atom stereocenters. The van der Waals surface area contributed by atoms with Crippen LogP contribution in [0.4, 0.5) is 5.69 Å². The molecule has 0 spiro atoms. The molecule has 0 bridgehead atoms. The summed E-state index contributed by atoms with van der Waals surface area (Å²) < 4.78 is 8.51. The van der Waals surface area contributed by atoms with Gasteiger partial charge in [0, 0.05) is 23.6 Å². The van der Waals surface area contributed by atoms with Crippen molar-refractivity contribution in [3.63, 3.8) is 0 Å². The van der Waals surface area contributed by atoms with Crippen LogP contribution in [-0.4, -0.2) is 26.7 Å². The molecule has 146 valence electrons. The van der Waals surface area contributed by atoms with Crippen LogP contribution in [0.15, 0.2) is 41.5 Å². The van der Waals surface area contributed by atoms with Gasteiger partial charge in [0.05, 0.1) is 12.3 Å². The van der Waals surface area contributed by atoms with Crippen LogP contribution in [-0.2, 0) is 24.2 Å². The molecule has 7 nitrogen and oxygen atoms in total. The number of hydrogen-bond donors (Lipinski definition) is 1. The lowest BCUT2D eigenvalue weighted by Gasteiger charge is -2.09. The minimum Gasteiger partial charge on any atom is -0.494 e. The third-order valence-corrected chi connectivity index (χ3v) is 5.05. The smallest absolute Gasteiger partial charge is 0.277 e. The number of carbonyl (C=O) groups is 1. The van der Waals surface area contributed by atoms with Crippen molar-refractivity contribution in [3.8, 4) is 5.75 Å². The van der Waals surface area contributed by atoms with Gasteiger partial charge in [0.15, 0.2) is 0 Å². The average molecular weight is 380 g/mol. The molecule has 0 fully saturated rings. The van der Waals surface area contributed by atoms with Gasteiger partial charge < -0.3 is 14.6 Å². The second-order valence-electron chi connectivity index (χ2n) is 7.02. The molecule has 0 saturated heterocycles. The van der Waals surface area contributed by atoms with E-state index < -0.39 is 0 Å². The standard InChI is InChI=1S/C21H24N4O3/c1-2-28-16-10-8-15(9-11-16)22-19(26)14-24-12-13-25-20(21(24)27)17-6-4-3-5-7-18(17)23-25/h8-13H,2-7,14H2,1H3,(H,22,26). The SMILES string of the molecule is CCOc1ccc(NC(=O)Cn2ccn3nc4c(c3c2=O)CCCCC4)cc1. The normalized spacial score (nSPS) is 13.8. The second-order valence-corrected chi connectivity index (χ2v) is 7.02. The van der Waals surface area contributed by atoms with E-state index in [1.54, 1.807) is 41.2 Å². The zero-order chi connectivity index (χ0) is 19.5. The molecule has 0 saturated carbocycles. The molecule has 1 aromatic carbocycles. The Bertz CT molecular complexity index is 1050. The van der Waals surface area contributed by atoms with Crippen molar-refractivity contribution in [2.45, 2.75) is 45.6 Å². The maximum atomic E-state index is 13.0. The topological polar surface area (TPSA) is 77.6 Å². The van der Waals surface area contributed by atoms with E-state index in [9.17, 15) is 9.59 Å². The van der Waals surface area contributed by atoms with Gasteiger partial charge in [-0.3, -0.25) is 9.59 Å². The molecule has 3 aromatic rings. The van der Waals surface area contributed by atoms with Crippen molar-refractivity contribution in [2.24, 2.45) is 0 Å². The Labute approximate surface area is 162 Å². The molecule has 7 heteroatoms. The van der Waals surface area contributed by atoms with E-state index in [0.717, 1.165) is 49.1 Å². The second kappa shape index (κ2) is 7.88. The fraction of sp³-hybridized carbons (Fsp3) is 0.381. The summed E-state index contributed by atoms with van der Waals surface area (Å²) in [7, 11) is 0. The number of fused-ring (bicyclic) bond motifs is 3. The Kier molecular flexibility index (Phi) is 5.14. The van der Waals surface area contributed by atoms with Gasteiger partial charge in [0.1, 0.15) is 17.8 Å². The molecule has 1 N–H and O–H groups in total. The Balaban J connectivity index is 1.54. The Morgan fingerprint density at radius 2 is 1.93 bits per heavy atom. The van der Waals surface area contributed by atoms with Gasteiger partial charge in [-0.25, -0.2) is 4.52 Å². The first kappa shape index (κ1) is 18.3. The number of amides is 1. The van der Waals surface area contributed by atoms with Crippen LogP contribution in [0, 0.1) is 0 Å². The average Bonchev–Trinajstić information content (AvgIpc) is 2.88. The van der Waals surface area contributed by atoms with Crippen LogP contribution < -0.4 is 15.6 Å². The van der Waals surface area contributed by atoms with Crippen LogP contribution in [0.1, 0.15) is 37.4 Å². The maximum absolute atomic E-state index is 13.0. The number of benzene rings is 1.